The molecule has 2 heterocycles. The number of carbonyl (C=O) groups excluding carboxylic acids is 1. The van der Waals surface area contributed by atoms with Crippen molar-refractivity contribution >= 4 is 23.4 Å². The van der Waals surface area contributed by atoms with Crippen LogP contribution in [0.5, 0.6) is 0 Å². The van der Waals surface area contributed by atoms with E-state index in [1.807, 2.05) is 67.7 Å². The summed E-state index contributed by atoms with van der Waals surface area (Å²) in [4.78, 5) is 13.6. The Bertz CT molecular complexity index is 921. The van der Waals surface area contributed by atoms with Crippen LogP contribution in [0.4, 0.5) is 5.69 Å². The molecule has 1 N–H and O–H groups in total. The summed E-state index contributed by atoms with van der Waals surface area (Å²) < 4.78 is 7.90. The summed E-state index contributed by atoms with van der Waals surface area (Å²) in [7, 11) is 0. The molecule has 0 bridgehead atoms. The van der Waals surface area contributed by atoms with Crippen LogP contribution in [0.2, 0.25) is 0 Å². The molecule has 1 aliphatic rings. The number of amides is 1. The zero-order chi connectivity index (χ0) is 17.9. The number of hydrogen-bond donors (Lipinski definition) is 1. The molecule has 1 aromatic heterocycles. The van der Waals surface area contributed by atoms with Gasteiger partial charge in [-0.15, -0.1) is 11.8 Å². The number of aromatic nitrogens is 1. The van der Waals surface area contributed by atoms with Crippen molar-refractivity contribution in [1.82, 2.24) is 4.57 Å². The quantitative estimate of drug-likeness (QED) is 0.687. The van der Waals surface area contributed by atoms with E-state index in [9.17, 15) is 4.79 Å². The average Bonchev–Trinajstić information content (AvgIpc) is 3.04. The van der Waals surface area contributed by atoms with E-state index in [4.69, 9.17) is 4.74 Å². The lowest BCUT2D eigenvalue weighted by Gasteiger charge is -2.14. The van der Waals surface area contributed by atoms with Gasteiger partial charge in [-0.05, 0) is 49.4 Å². The van der Waals surface area contributed by atoms with E-state index in [-0.39, 0.29) is 11.2 Å². The number of nitrogens with one attached hydrogen (secondary N) is 1. The van der Waals surface area contributed by atoms with Crippen LogP contribution in [0.25, 0.3) is 5.69 Å². The predicted molar refractivity (Wildman–Crippen MR) is 105 cm³/mol. The molecule has 3 aromatic rings. The highest BCUT2D eigenvalue weighted by molar-refractivity contribution is 8.00. The molecular weight excluding hydrogens is 344 g/mol. The minimum Gasteiger partial charge on any atom is -0.370 e. The molecule has 2 aromatic carbocycles. The summed E-state index contributed by atoms with van der Waals surface area (Å²) in [5.74, 6) is -0.00463. The van der Waals surface area contributed by atoms with Gasteiger partial charge < -0.3 is 14.6 Å². The molecule has 132 valence electrons. The molecule has 0 radical (unpaired) electrons. The van der Waals surface area contributed by atoms with Crippen molar-refractivity contribution in [1.29, 1.82) is 0 Å². The highest BCUT2D eigenvalue weighted by atomic mass is 32.2. The lowest BCUT2D eigenvalue weighted by molar-refractivity contribution is -0.115. The largest absolute Gasteiger partial charge is 0.370 e. The normalized spacial score (nSPS) is 14.0. The van der Waals surface area contributed by atoms with Gasteiger partial charge in [0.15, 0.2) is 0 Å². The summed E-state index contributed by atoms with van der Waals surface area (Å²) in [6.45, 7) is 3.05. The molecule has 1 aliphatic heterocycles. The molecular formula is C21H20N2O2S. The summed E-state index contributed by atoms with van der Waals surface area (Å²) in [5.41, 5.74) is 4.11. The molecule has 1 atom stereocenters. The molecule has 0 spiro atoms. The van der Waals surface area contributed by atoms with Gasteiger partial charge in [0.1, 0.15) is 0 Å². The van der Waals surface area contributed by atoms with Crippen molar-refractivity contribution in [3.05, 3.63) is 78.1 Å². The van der Waals surface area contributed by atoms with Gasteiger partial charge in [0.2, 0.25) is 5.91 Å². The molecule has 5 heteroatoms. The van der Waals surface area contributed by atoms with Gasteiger partial charge in [-0.2, -0.15) is 0 Å². The fourth-order valence-electron chi connectivity index (χ4n) is 3.05. The van der Waals surface area contributed by atoms with Crippen LogP contribution < -0.4 is 5.32 Å². The van der Waals surface area contributed by atoms with Gasteiger partial charge in [0.25, 0.3) is 0 Å². The maximum atomic E-state index is 12.5. The second-order valence-electron chi connectivity index (χ2n) is 6.27. The number of rotatable bonds is 4. The van der Waals surface area contributed by atoms with Gasteiger partial charge in [-0.1, -0.05) is 18.2 Å². The highest BCUT2D eigenvalue weighted by Crippen LogP contribution is 2.27. The zero-order valence-electron chi connectivity index (χ0n) is 14.5. The first-order valence-corrected chi connectivity index (χ1v) is 9.48. The number of carbonyl (C=O) groups is 1. The second-order valence-corrected chi connectivity index (χ2v) is 7.68. The Morgan fingerprint density at radius 3 is 2.81 bits per heavy atom. The summed E-state index contributed by atoms with van der Waals surface area (Å²) >= 11 is 1.55. The van der Waals surface area contributed by atoms with E-state index in [1.165, 1.54) is 0 Å². The van der Waals surface area contributed by atoms with Gasteiger partial charge in [0, 0.05) is 28.0 Å². The molecule has 1 amide bonds. The number of fused-ring (bicyclic) bond motifs is 3. The Labute approximate surface area is 157 Å². The van der Waals surface area contributed by atoms with Crippen LogP contribution in [0.3, 0.4) is 0 Å². The van der Waals surface area contributed by atoms with Crippen molar-refractivity contribution in [3.8, 4) is 5.69 Å². The van der Waals surface area contributed by atoms with Crippen LogP contribution in [0, 0.1) is 0 Å². The van der Waals surface area contributed by atoms with E-state index in [1.54, 1.807) is 11.8 Å². The number of benzene rings is 2. The molecule has 4 rings (SSSR count). The Kier molecular flexibility index (Phi) is 4.82. The molecule has 26 heavy (non-hydrogen) atoms. The Morgan fingerprint density at radius 2 is 1.96 bits per heavy atom. The lowest BCUT2D eigenvalue weighted by Crippen LogP contribution is -2.22. The number of nitrogens with zero attached hydrogens (tertiary/aromatic N) is 1. The monoisotopic (exact) mass is 364 g/mol. The van der Waals surface area contributed by atoms with Gasteiger partial charge in [-0.25, -0.2) is 0 Å². The standard InChI is InChI=1S/C21H20N2O2S/c1-15(26-19-7-3-2-4-8-19)21(24)22-17-9-10-20-16(12-17)13-25-14-18-6-5-11-23(18)20/h2-12,15H,13-14H2,1H3,(H,22,24)/t15-/m0/s1. The van der Waals surface area contributed by atoms with Crippen LogP contribution in [-0.4, -0.2) is 15.7 Å². The van der Waals surface area contributed by atoms with Crippen LogP contribution in [0.15, 0.2) is 71.8 Å². The topological polar surface area (TPSA) is 43.3 Å². The third-order valence-corrected chi connectivity index (χ3v) is 5.48. The third-order valence-electron chi connectivity index (χ3n) is 4.37. The first-order chi connectivity index (χ1) is 12.7. The van der Waals surface area contributed by atoms with E-state index < -0.39 is 0 Å². The fourth-order valence-corrected chi connectivity index (χ4v) is 3.94. The molecule has 0 fully saturated rings. The molecule has 0 saturated carbocycles. The summed E-state index contributed by atoms with van der Waals surface area (Å²) in [6.07, 6.45) is 2.04. The lowest BCUT2D eigenvalue weighted by atomic mass is 10.1. The van der Waals surface area contributed by atoms with Gasteiger partial charge >= 0.3 is 0 Å². The number of hydrogen-bond acceptors (Lipinski definition) is 3. The molecule has 0 saturated heterocycles. The first kappa shape index (κ1) is 16.9. The Hall–Kier alpha value is -2.50. The molecule has 0 aliphatic carbocycles. The first-order valence-electron chi connectivity index (χ1n) is 8.60. The van der Waals surface area contributed by atoms with E-state index in [0.29, 0.717) is 13.2 Å². The third kappa shape index (κ3) is 3.54. The minimum absolute atomic E-state index is 0.00463. The van der Waals surface area contributed by atoms with Crippen LogP contribution >= 0.6 is 11.8 Å². The second kappa shape index (κ2) is 7.40. The van der Waals surface area contributed by atoms with Crippen molar-refractivity contribution in [2.24, 2.45) is 0 Å². The zero-order valence-corrected chi connectivity index (χ0v) is 15.3. The van der Waals surface area contributed by atoms with Gasteiger partial charge in [0.05, 0.1) is 24.2 Å². The predicted octanol–water partition coefficient (Wildman–Crippen LogP) is 4.63. The van der Waals surface area contributed by atoms with Crippen molar-refractivity contribution in [3.63, 3.8) is 0 Å². The molecule has 0 unspecified atom stereocenters. The molecule has 4 nitrogen and oxygen atoms in total. The Balaban J connectivity index is 1.49. The van der Waals surface area contributed by atoms with Crippen molar-refractivity contribution in [2.45, 2.75) is 30.3 Å². The Morgan fingerprint density at radius 1 is 1.12 bits per heavy atom. The maximum absolute atomic E-state index is 12.5. The smallest absolute Gasteiger partial charge is 0.237 e. The highest BCUT2D eigenvalue weighted by Gasteiger charge is 2.17. The van der Waals surface area contributed by atoms with Crippen molar-refractivity contribution < 1.29 is 9.53 Å². The van der Waals surface area contributed by atoms with E-state index in [2.05, 4.69) is 16.0 Å². The summed E-state index contributed by atoms with van der Waals surface area (Å²) in [5, 5.41) is 2.85. The number of ether oxygens (including phenoxy) is 1. The average molecular weight is 364 g/mol. The fraction of sp³-hybridized carbons (Fsp3) is 0.190. The summed E-state index contributed by atoms with van der Waals surface area (Å²) in [6, 6.07) is 20.0. The maximum Gasteiger partial charge on any atom is 0.237 e. The number of thioether (sulfide) groups is 1. The number of anilines is 1. The SMILES string of the molecule is C[C@H](Sc1ccccc1)C(=O)Nc1ccc2c(c1)COCc1cccn1-2. The van der Waals surface area contributed by atoms with Gasteiger partial charge in [-0.3, -0.25) is 4.79 Å². The minimum atomic E-state index is -0.177. The van der Waals surface area contributed by atoms with Crippen LogP contribution in [0.1, 0.15) is 18.2 Å². The van der Waals surface area contributed by atoms with E-state index >= 15 is 0 Å². The van der Waals surface area contributed by atoms with Crippen LogP contribution in [-0.2, 0) is 22.7 Å². The van der Waals surface area contributed by atoms with E-state index in [0.717, 1.165) is 27.5 Å². The van der Waals surface area contributed by atoms with Crippen molar-refractivity contribution in [2.75, 3.05) is 5.32 Å².